The lowest BCUT2D eigenvalue weighted by Gasteiger charge is -2.19. The summed E-state index contributed by atoms with van der Waals surface area (Å²) in [5, 5.41) is 12.9. The van der Waals surface area contributed by atoms with Gasteiger partial charge in [0.05, 0.1) is 6.04 Å². The summed E-state index contributed by atoms with van der Waals surface area (Å²) in [4.78, 5) is 0. The zero-order valence-corrected chi connectivity index (χ0v) is 11.6. The summed E-state index contributed by atoms with van der Waals surface area (Å²) in [6.45, 7) is 2.69. The lowest BCUT2D eigenvalue weighted by Crippen LogP contribution is -2.23. The van der Waals surface area contributed by atoms with Gasteiger partial charge in [0.2, 0.25) is 0 Å². The first-order valence-electron chi connectivity index (χ1n) is 6.78. The molecule has 0 heterocycles. The van der Waals surface area contributed by atoms with Crippen molar-refractivity contribution in [3.63, 3.8) is 0 Å². The van der Waals surface area contributed by atoms with Crippen LogP contribution in [0.3, 0.4) is 0 Å². The highest BCUT2D eigenvalue weighted by atomic mass is 16.3. The van der Waals surface area contributed by atoms with Crippen LogP contribution in [-0.2, 0) is 0 Å². The Labute approximate surface area is 120 Å². The van der Waals surface area contributed by atoms with Crippen molar-refractivity contribution in [1.82, 2.24) is 5.32 Å². The highest BCUT2D eigenvalue weighted by Gasteiger charge is 2.12. The number of phenolic OH excluding ortho intramolecular Hbond substituents is 1. The van der Waals surface area contributed by atoms with Crippen molar-refractivity contribution in [3.05, 3.63) is 65.7 Å². The summed E-state index contributed by atoms with van der Waals surface area (Å²) >= 11 is 0. The first-order valence-corrected chi connectivity index (χ1v) is 6.78. The Balaban J connectivity index is 2.19. The van der Waals surface area contributed by atoms with Crippen molar-refractivity contribution in [1.29, 1.82) is 0 Å². The Morgan fingerprint density at radius 3 is 2.30 bits per heavy atom. The topological polar surface area (TPSA) is 32.3 Å². The maximum Gasteiger partial charge on any atom is 0.115 e. The molecule has 0 aromatic heterocycles. The van der Waals surface area contributed by atoms with Gasteiger partial charge in [0.25, 0.3) is 0 Å². The van der Waals surface area contributed by atoms with Crippen molar-refractivity contribution >= 4 is 0 Å². The van der Waals surface area contributed by atoms with E-state index in [1.807, 2.05) is 37.3 Å². The summed E-state index contributed by atoms with van der Waals surface area (Å²) in [6.07, 6.45) is 0.831. The van der Waals surface area contributed by atoms with Crippen LogP contribution < -0.4 is 5.32 Å². The highest BCUT2D eigenvalue weighted by molar-refractivity contribution is 5.34. The summed E-state index contributed by atoms with van der Waals surface area (Å²) in [5.41, 5.74) is 2.35. The molecule has 0 saturated carbocycles. The second-order valence-corrected chi connectivity index (χ2v) is 4.57. The van der Waals surface area contributed by atoms with Crippen molar-refractivity contribution in [2.24, 2.45) is 0 Å². The Bertz CT molecular complexity index is 578. The number of benzene rings is 2. The van der Waals surface area contributed by atoms with Crippen molar-refractivity contribution in [2.45, 2.75) is 19.4 Å². The molecule has 0 aliphatic heterocycles. The molecule has 20 heavy (non-hydrogen) atoms. The third kappa shape index (κ3) is 3.88. The minimum Gasteiger partial charge on any atom is -0.508 e. The quantitative estimate of drug-likeness (QED) is 0.641. The lowest BCUT2D eigenvalue weighted by molar-refractivity contribution is 0.474. The molecule has 0 amide bonds. The van der Waals surface area contributed by atoms with Gasteiger partial charge in [-0.2, -0.15) is 0 Å². The number of aromatic hydroxyl groups is 1. The van der Waals surface area contributed by atoms with Crippen molar-refractivity contribution < 1.29 is 5.11 Å². The third-order valence-electron chi connectivity index (χ3n) is 3.13. The molecule has 1 unspecified atom stereocenters. The monoisotopic (exact) mass is 265 g/mol. The van der Waals surface area contributed by atoms with Crippen LogP contribution in [-0.4, -0.2) is 11.7 Å². The van der Waals surface area contributed by atoms with Crippen LogP contribution in [0.15, 0.2) is 54.6 Å². The average molecular weight is 265 g/mol. The fourth-order valence-corrected chi connectivity index (χ4v) is 2.14. The fraction of sp³-hybridized carbons (Fsp3) is 0.222. The molecule has 2 nitrogen and oxygen atoms in total. The van der Waals surface area contributed by atoms with Gasteiger partial charge in [-0.05, 0) is 30.2 Å². The molecule has 0 aliphatic rings. The molecule has 1 atom stereocenters. The predicted octanol–water partition coefficient (Wildman–Crippen LogP) is 3.48. The number of rotatable bonds is 5. The van der Waals surface area contributed by atoms with Crippen LogP contribution in [0.1, 0.15) is 30.5 Å². The average Bonchev–Trinajstić information content (AvgIpc) is 2.50. The predicted molar refractivity (Wildman–Crippen MR) is 82.5 cm³/mol. The Morgan fingerprint density at radius 2 is 1.65 bits per heavy atom. The fourth-order valence-electron chi connectivity index (χ4n) is 2.14. The third-order valence-corrected chi connectivity index (χ3v) is 3.13. The van der Waals surface area contributed by atoms with E-state index in [4.69, 9.17) is 0 Å². The second kappa shape index (κ2) is 7.37. The molecule has 2 aromatic rings. The molecule has 0 saturated heterocycles. The van der Waals surface area contributed by atoms with Gasteiger partial charge in [-0.25, -0.2) is 0 Å². The van der Waals surface area contributed by atoms with Gasteiger partial charge in [-0.3, -0.25) is 0 Å². The molecule has 0 aliphatic carbocycles. The number of nitrogens with one attached hydrogen (secondary N) is 1. The Hall–Kier alpha value is -2.24. The number of hydrogen-bond acceptors (Lipinski definition) is 2. The summed E-state index contributed by atoms with van der Waals surface area (Å²) in [6, 6.07) is 17.8. The van der Waals surface area contributed by atoms with E-state index >= 15 is 0 Å². The first-order chi connectivity index (χ1) is 9.81. The van der Waals surface area contributed by atoms with Gasteiger partial charge >= 0.3 is 0 Å². The van der Waals surface area contributed by atoms with Gasteiger partial charge in [0.15, 0.2) is 0 Å². The van der Waals surface area contributed by atoms with E-state index in [2.05, 4.69) is 29.3 Å². The van der Waals surface area contributed by atoms with E-state index < -0.39 is 0 Å². The molecule has 2 rings (SSSR count). The van der Waals surface area contributed by atoms with Crippen LogP contribution in [0, 0.1) is 11.8 Å². The smallest absolute Gasteiger partial charge is 0.115 e. The zero-order chi connectivity index (χ0) is 14.2. The van der Waals surface area contributed by atoms with E-state index in [1.165, 1.54) is 5.56 Å². The summed E-state index contributed by atoms with van der Waals surface area (Å²) < 4.78 is 0. The molecule has 0 radical (unpaired) electrons. The molecule has 2 heteroatoms. The van der Waals surface area contributed by atoms with E-state index in [-0.39, 0.29) is 11.8 Å². The first kappa shape index (κ1) is 14.2. The summed E-state index contributed by atoms with van der Waals surface area (Å²) in [7, 11) is 0. The van der Waals surface area contributed by atoms with E-state index in [0.29, 0.717) is 0 Å². The molecule has 0 fully saturated rings. The van der Waals surface area contributed by atoms with Crippen LogP contribution in [0.25, 0.3) is 0 Å². The van der Waals surface area contributed by atoms with Crippen LogP contribution in [0.2, 0.25) is 0 Å². The number of phenols is 1. The summed E-state index contributed by atoms with van der Waals surface area (Å²) in [5.74, 6) is 6.26. The second-order valence-electron chi connectivity index (χ2n) is 4.57. The standard InChI is InChI=1S/C18H19NO/c1-2-3-7-14-19-18(15-8-5-4-6-9-15)16-10-12-17(20)13-11-16/h4-6,8-13,18-20H,7,14H2,1H3. The molecule has 0 bridgehead atoms. The largest absolute Gasteiger partial charge is 0.508 e. The van der Waals surface area contributed by atoms with Gasteiger partial charge < -0.3 is 10.4 Å². The molecule has 0 spiro atoms. The maximum atomic E-state index is 9.42. The van der Waals surface area contributed by atoms with Crippen LogP contribution in [0.5, 0.6) is 5.75 Å². The van der Waals surface area contributed by atoms with Crippen LogP contribution in [0.4, 0.5) is 0 Å². The maximum absolute atomic E-state index is 9.42. The molecular formula is C18H19NO. The molecule has 2 N–H and O–H groups in total. The zero-order valence-electron chi connectivity index (χ0n) is 11.6. The van der Waals surface area contributed by atoms with Gasteiger partial charge in [-0.15, -0.1) is 11.8 Å². The Morgan fingerprint density at radius 1 is 1.00 bits per heavy atom. The van der Waals surface area contributed by atoms with E-state index in [1.54, 1.807) is 12.1 Å². The van der Waals surface area contributed by atoms with E-state index in [0.717, 1.165) is 18.5 Å². The van der Waals surface area contributed by atoms with Crippen LogP contribution >= 0.6 is 0 Å². The van der Waals surface area contributed by atoms with Crippen molar-refractivity contribution in [2.75, 3.05) is 6.54 Å². The van der Waals surface area contributed by atoms with Gasteiger partial charge in [-0.1, -0.05) is 42.5 Å². The van der Waals surface area contributed by atoms with Crippen molar-refractivity contribution in [3.8, 4) is 17.6 Å². The lowest BCUT2D eigenvalue weighted by atomic mass is 9.98. The normalized spacial score (nSPS) is 11.4. The Kier molecular flexibility index (Phi) is 5.23. The molecule has 2 aromatic carbocycles. The van der Waals surface area contributed by atoms with E-state index in [9.17, 15) is 5.11 Å². The minimum absolute atomic E-state index is 0.121. The molecular weight excluding hydrogens is 246 g/mol. The molecule has 102 valence electrons. The minimum atomic E-state index is 0.121. The number of hydrogen-bond donors (Lipinski definition) is 2. The van der Waals surface area contributed by atoms with Gasteiger partial charge in [0, 0.05) is 13.0 Å². The SMILES string of the molecule is CC#CCCNC(c1ccccc1)c1ccc(O)cc1. The highest BCUT2D eigenvalue weighted by Crippen LogP contribution is 2.23. The van der Waals surface area contributed by atoms with Gasteiger partial charge in [0.1, 0.15) is 5.75 Å².